The molecule has 2 aliphatic carbocycles. The van der Waals surface area contributed by atoms with Crippen LogP contribution in [0.2, 0.25) is 0 Å². The summed E-state index contributed by atoms with van der Waals surface area (Å²) >= 11 is 0. The summed E-state index contributed by atoms with van der Waals surface area (Å²) in [5.41, 5.74) is 0.0890. The van der Waals surface area contributed by atoms with Gasteiger partial charge in [0.1, 0.15) is 0 Å². The van der Waals surface area contributed by atoms with Crippen molar-refractivity contribution in [3.05, 3.63) is 0 Å². The van der Waals surface area contributed by atoms with Gasteiger partial charge in [0.25, 0.3) is 0 Å². The molecule has 3 fully saturated rings. The minimum Gasteiger partial charge on any atom is -0.325 e. The molecule has 1 amide bonds. The van der Waals surface area contributed by atoms with E-state index in [1.807, 2.05) is 0 Å². The highest BCUT2D eigenvalue weighted by Gasteiger charge is 2.52. The Balaban J connectivity index is 1.80. The molecule has 1 aliphatic heterocycles. The Morgan fingerprint density at radius 3 is 2.42 bits per heavy atom. The number of hydrogen-bond donors (Lipinski definition) is 1. The van der Waals surface area contributed by atoms with E-state index >= 15 is 0 Å². The van der Waals surface area contributed by atoms with Crippen LogP contribution in [0.1, 0.15) is 65.7 Å². The van der Waals surface area contributed by atoms with Crippen molar-refractivity contribution in [1.29, 1.82) is 0 Å². The second kappa shape index (κ2) is 4.47. The lowest BCUT2D eigenvalue weighted by molar-refractivity contribution is -0.134. The SMILES string of the molecule is CCC1(C)NC(C2CCCC2)N(CC2(C)CC2)C1=O. The minimum atomic E-state index is -0.321. The van der Waals surface area contributed by atoms with Crippen LogP contribution in [0.25, 0.3) is 0 Å². The Morgan fingerprint density at radius 1 is 1.26 bits per heavy atom. The van der Waals surface area contributed by atoms with E-state index in [1.165, 1.54) is 38.5 Å². The average molecular weight is 264 g/mol. The van der Waals surface area contributed by atoms with Gasteiger partial charge in [-0.1, -0.05) is 26.7 Å². The number of amides is 1. The standard InChI is InChI=1S/C16H28N2O/c1-4-16(3)14(19)18(11-15(2)9-10-15)13(17-16)12-7-5-6-8-12/h12-13,17H,4-11H2,1-3H3. The lowest BCUT2D eigenvalue weighted by Crippen LogP contribution is -2.46. The fourth-order valence-corrected chi connectivity index (χ4v) is 3.76. The van der Waals surface area contributed by atoms with E-state index in [2.05, 4.69) is 31.0 Å². The second-order valence-electron chi connectivity index (χ2n) is 7.56. The van der Waals surface area contributed by atoms with Crippen LogP contribution in [-0.4, -0.2) is 29.1 Å². The molecule has 3 nitrogen and oxygen atoms in total. The number of carbonyl (C=O) groups excluding carboxylic acids is 1. The van der Waals surface area contributed by atoms with Crippen molar-refractivity contribution in [2.24, 2.45) is 11.3 Å². The summed E-state index contributed by atoms with van der Waals surface area (Å²) < 4.78 is 0. The maximum atomic E-state index is 12.8. The summed E-state index contributed by atoms with van der Waals surface area (Å²) in [5, 5.41) is 3.69. The van der Waals surface area contributed by atoms with Crippen molar-refractivity contribution < 1.29 is 4.79 Å². The zero-order valence-electron chi connectivity index (χ0n) is 12.7. The summed E-state index contributed by atoms with van der Waals surface area (Å²) in [4.78, 5) is 15.0. The number of carbonyl (C=O) groups is 1. The first-order chi connectivity index (χ1) is 8.97. The van der Waals surface area contributed by atoms with Gasteiger partial charge in [-0.25, -0.2) is 0 Å². The third-order valence-corrected chi connectivity index (χ3v) is 5.74. The first kappa shape index (κ1) is 13.4. The predicted molar refractivity (Wildman–Crippen MR) is 76.6 cm³/mol. The molecule has 3 aliphatic rings. The van der Waals surface area contributed by atoms with Gasteiger partial charge in [-0.15, -0.1) is 0 Å². The van der Waals surface area contributed by atoms with Gasteiger partial charge in [0.2, 0.25) is 5.91 Å². The molecule has 0 aromatic carbocycles. The number of rotatable bonds is 4. The number of hydrogen-bond acceptors (Lipinski definition) is 2. The molecule has 108 valence electrons. The van der Waals surface area contributed by atoms with E-state index < -0.39 is 0 Å². The zero-order valence-corrected chi connectivity index (χ0v) is 12.7. The Kier molecular flexibility index (Phi) is 3.16. The average Bonchev–Trinajstić information content (AvgIpc) is 2.82. The summed E-state index contributed by atoms with van der Waals surface area (Å²) in [7, 11) is 0. The van der Waals surface area contributed by atoms with Gasteiger partial charge in [-0.3, -0.25) is 10.1 Å². The fourth-order valence-electron chi connectivity index (χ4n) is 3.76. The zero-order chi connectivity index (χ0) is 13.7. The molecule has 0 aromatic heterocycles. The number of nitrogens with zero attached hydrogens (tertiary/aromatic N) is 1. The molecule has 0 spiro atoms. The van der Waals surface area contributed by atoms with E-state index in [1.54, 1.807) is 0 Å². The minimum absolute atomic E-state index is 0.303. The maximum absolute atomic E-state index is 12.8. The second-order valence-corrected chi connectivity index (χ2v) is 7.56. The van der Waals surface area contributed by atoms with Crippen LogP contribution in [0.15, 0.2) is 0 Å². The van der Waals surface area contributed by atoms with Crippen molar-refractivity contribution in [2.45, 2.75) is 77.4 Å². The molecule has 0 radical (unpaired) electrons. The molecule has 1 saturated heterocycles. The van der Waals surface area contributed by atoms with Gasteiger partial charge in [-0.05, 0) is 50.4 Å². The molecule has 19 heavy (non-hydrogen) atoms. The normalized spacial score (nSPS) is 38.2. The molecule has 3 heteroatoms. The highest BCUT2D eigenvalue weighted by atomic mass is 16.2. The molecule has 1 heterocycles. The van der Waals surface area contributed by atoms with Gasteiger partial charge < -0.3 is 4.90 Å². The molecule has 0 aromatic rings. The highest BCUT2D eigenvalue weighted by Crippen LogP contribution is 2.47. The van der Waals surface area contributed by atoms with Crippen LogP contribution in [-0.2, 0) is 4.79 Å². The molecule has 2 saturated carbocycles. The van der Waals surface area contributed by atoms with Gasteiger partial charge in [0, 0.05) is 6.54 Å². The van der Waals surface area contributed by atoms with Crippen LogP contribution in [0, 0.1) is 11.3 Å². The lowest BCUT2D eigenvalue weighted by atomic mass is 9.99. The lowest BCUT2D eigenvalue weighted by Gasteiger charge is -2.31. The van der Waals surface area contributed by atoms with Crippen LogP contribution >= 0.6 is 0 Å². The summed E-state index contributed by atoms with van der Waals surface area (Å²) in [6.45, 7) is 7.51. The summed E-state index contributed by atoms with van der Waals surface area (Å²) in [5.74, 6) is 1.03. The van der Waals surface area contributed by atoms with Gasteiger partial charge in [0.15, 0.2) is 0 Å². The van der Waals surface area contributed by atoms with Gasteiger partial charge in [-0.2, -0.15) is 0 Å². The fraction of sp³-hybridized carbons (Fsp3) is 0.938. The van der Waals surface area contributed by atoms with Crippen molar-refractivity contribution in [3.8, 4) is 0 Å². The molecule has 2 atom stereocenters. The van der Waals surface area contributed by atoms with E-state index in [0.717, 1.165) is 13.0 Å². The van der Waals surface area contributed by atoms with Crippen LogP contribution < -0.4 is 5.32 Å². The molecule has 3 rings (SSSR count). The third-order valence-electron chi connectivity index (χ3n) is 5.74. The summed E-state index contributed by atoms with van der Waals surface area (Å²) in [6.07, 6.45) is 9.03. The van der Waals surface area contributed by atoms with Gasteiger partial charge in [0.05, 0.1) is 11.7 Å². The monoisotopic (exact) mass is 264 g/mol. The van der Waals surface area contributed by atoms with Crippen LogP contribution in [0.5, 0.6) is 0 Å². The topological polar surface area (TPSA) is 32.3 Å². The Hall–Kier alpha value is -0.570. The van der Waals surface area contributed by atoms with E-state index in [-0.39, 0.29) is 5.54 Å². The largest absolute Gasteiger partial charge is 0.325 e. The van der Waals surface area contributed by atoms with E-state index in [9.17, 15) is 4.79 Å². The Morgan fingerprint density at radius 2 is 1.89 bits per heavy atom. The molecule has 1 N–H and O–H groups in total. The number of nitrogens with one attached hydrogen (secondary N) is 1. The van der Waals surface area contributed by atoms with Crippen molar-refractivity contribution in [2.75, 3.05) is 6.54 Å². The van der Waals surface area contributed by atoms with E-state index in [4.69, 9.17) is 0 Å². The Labute approximate surface area is 117 Å². The van der Waals surface area contributed by atoms with E-state index in [0.29, 0.717) is 23.4 Å². The van der Waals surface area contributed by atoms with Crippen molar-refractivity contribution in [1.82, 2.24) is 10.2 Å². The summed E-state index contributed by atoms with van der Waals surface area (Å²) in [6, 6.07) is 0. The van der Waals surface area contributed by atoms with Gasteiger partial charge >= 0.3 is 0 Å². The maximum Gasteiger partial charge on any atom is 0.243 e. The molecular weight excluding hydrogens is 236 g/mol. The molecular formula is C16H28N2O. The third kappa shape index (κ3) is 2.31. The smallest absolute Gasteiger partial charge is 0.243 e. The predicted octanol–water partition coefficient (Wildman–Crippen LogP) is 2.90. The highest BCUT2D eigenvalue weighted by molar-refractivity contribution is 5.88. The van der Waals surface area contributed by atoms with Crippen molar-refractivity contribution >= 4 is 5.91 Å². The van der Waals surface area contributed by atoms with Crippen LogP contribution in [0.4, 0.5) is 0 Å². The first-order valence-electron chi connectivity index (χ1n) is 8.06. The first-order valence-corrected chi connectivity index (χ1v) is 8.06. The van der Waals surface area contributed by atoms with Crippen LogP contribution in [0.3, 0.4) is 0 Å². The quantitative estimate of drug-likeness (QED) is 0.847. The molecule has 0 bridgehead atoms. The Bertz CT molecular complexity index is 371. The van der Waals surface area contributed by atoms with Crippen molar-refractivity contribution in [3.63, 3.8) is 0 Å². The molecule has 2 unspecified atom stereocenters.